The van der Waals surface area contributed by atoms with E-state index in [1.165, 1.54) is 0 Å². The fraction of sp³-hybridized carbons (Fsp3) is 0.133. The SMILES string of the molecule is Cc1ccc(N(NC(=O)c2ccc3nc(C)n(Cc4ccc(COc5ccccc5)cc4Cl)c3c2)[SH](=O)=O)cc1. The molecule has 1 amide bonds. The molecule has 1 aromatic heterocycles. The highest BCUT2D eigenvalue weighted by molar-refractivity contribution is 7.74. The molecule has 8 nitrogen and oxygen atoms in total. The minimum atomic E-state index is -3.11. The molecule has 4 aromatic carbocycles. The number of carbonyl (C=O) groups is 1. The van der Waals surface area contributed by atoms with Gasteiger partial charge < -0.3 is 9.30 Å². The minimum Gasteiger partial charge on any atom is -0.489 e. The van der Waals surface area contributed by atoms with E-state index in [0.717, 1.165) is 38.2 Å². The quantitative estimate of drug-likeness (QED) is 0.176. The third kappa shape index (κ3) is 6.11. The van der Waals surface area contributed by atoms with E-state index in [0.29, 0.717) is 34.9 Å². The molecular weight excluding hydrogens is 548 g/mol. The first kappa shape index (κ1) is 27.2. The van der Waals surface area contributed by atoms with Gasteiger partial charge in [-0.25, -0.2) is 18.8 Å². The Kier molecular flexibility index (Phi) is 8.04. The number of imidazole rings is 1. The Morgan fingerprint density at radius 1 is 0.975 bits per heavy atom. The summed E-state index contributed by atoms with van der Waals surface area (Å²) in [5.74, 6) is 0.976. The topological polar surface area (TPSA) is 93.5 Å². The van der Waals surface area contributed by atoms with E-state index in [-0.39, 0.29) is 0 Å². The first-order chi connectivity index (χ1) is 19.3. The number of aryl methyl sites for hydroxylation is 2. The van der Waals surface area contributed by atoms with Gasteiger partial charge in [-0.2, -0.15) is 4.41 Å². The van der Waals surface area contributed by atoms with Gasteiger partial charge in [0, 0.05) is 10.6 Å². The number of thiol groups is 1. The van der Waals surface area contributed by atoms with Crippen LogP contribution in [0.1, 0.15) is 32.9 Å². The number of ether oxygens (including phenoxy) is 1. The molecule has 0 bridgehead atoms. The second-order valence-corrected chi connectivity index (χ2v) is 10.6. The molecule has 0 saturated carbocycles. The summed E-state index contributed by atoms with van der Waals surface area (Å²) >= 11 is 6.65. The van der Waals surface area contributed by atoms with Crippen molar-refractivity contribution in [3.8, 4) is 5.75 Å². The maximum Gasteiger partial charge on any atom is 0.270 e. The molecule has 0 radical (unpaired) electrons. The third-order valence-electron chi connectivity index (χ3n) is 6.45. The van der Waals surface area contributed by atoms with Crippen LogP contribution in [0.2, 0.25) is 5.02 Å². The van der Waals surface area contributed by atoms with Crippen LogP contribution < -0.4 is 14.6 Å². The highest BCUT2D eigenvalue weighted by Gasteiger charge is 2.17. The molecule has 0 unspecified atom stereocenters. The Bertz CT molecular complexity index is 1740. The van der Waals surface area contributed by atoms with Crippen molar-refractivity contribution in [2.45, 2.75) is 27.0 Å². The lowest BCUT2D eigenvalue weighted by Gasteiger charge is -2.18. The highest BCUT2D eigenvalue weighted by Crippen LogP contribution is 2.25. The summed E-state index contributed by atoms with van der Waals surface area (Å²) in [6.45, 7) is 4.61. The molecule has 5 aromatic rings. The lowest BCUT2D eigenvalue weighted by Crippen LogP contribution is -2.41. The number of carbonyl (C=O) groups excluding carboxylic acids is 1. The first-order valence-corrected chi connectivity index (χ1v) is 14.0. The number of amides is 1. The van der Waals surface area contributed by atoms with Crippen LogP contribution in [0.5, 0.6) is 5.75 Å². The average molecular weight is 575 g/mol. The number of aromatic nitrogens is 2. The second kappa shape index (κ2) is 11.8. The summed E-state index contributed by atoms with van der Waals surface area (Å²) in [5, 5.41) is 0.595. The van der Waals surface area contributed by atoms with Crippen LogP contribution in [-0.4, -0.2) is 23.9 Å². The zero-order valence-electron chi connectivity index (χ0n) is 21.9. The van der Waals surface area contributed by atoms with E-state index in [1.807, 2.05) is 66.9 Å². The molecule has 0 saturated heterocycles. The Morgan fingerprint density at radius 3 is 2.42 bits per heavy atom. The fourth-order valence-electron chi connectivity index (χ4n) is 4.29. The predicted molar refractivity (Wildman–Crippen MR) is 157 cm³/mol. The van der Waals surface area contributed by atoms with E-state index in [2.05, 4.69) is 10.4 Å². The van der Waals surface area contributed by atoms with Crippen molar-refractivity contribution in [3.05, 3.63) is 124 Å². The van der Waals surface area contributed by atoms with E-state index in [1.54, 1.807) is 42.5 Å². The molecule has 1 N–H and O–H groups in total. The number of hydrogen-bond donors (Lipinski definition) is 2. The Labute approximate surface area is 238 Å². The van der Waals surface area contributed by atoms with Gasteiger partial charge >= 0.3 is 0 Å². The minimum absolute atomic E-state index is 0.294. The molecule has 10 heteroatoms. The van der Waals surface area contributed by atoms with E-state index in [9.17, 15) is 13.2 Å². The summed E-state index contributed by atoms with van der Waals surface area (Å²) in [6, 6.07) is 27.3. The molecular formula is C30H27ClN4O4S. The molecule has 204 valence electrons. The predicted octanol–water partition coefficient (Wildman–Crippen LogP) is 5.61. The highest BCUT2D eigenvalue weighted by atomic mass is 35.5. The summed E-state index contributed by atoms with van der Waals surface area (Å²) < 4.78 is 32.5. The van der Waals surface area contributed by atoms with Gasteiger partial charge in [-0.15, -0.1) is 0 Å². The van der Waals surface area contributed by atoms with Gasteiger partial charge in [-0.05, 0) is 73.5 Å². The number of hydrazine groups is 1. The van der Waals surface area contributed by atoms with Crippen molar-refractivity contribution in [2.75, 3.05) is 4.41 Å². The van der Waals surface area contributed by atoms with E-state index < -0.39 is 16.8 Å². The molecule has 40 heavy (non-hydrogen) atoms. The van der Waals surface area contributed by atoms with Crippen molar-refractivity contribution in [1.29, 1.82) is 0 Å². The molecule has 0 aliphatic carbocycles. The van der Waals surface area contributed by atoms with Crippen LogP contribution in [0.3, 0.4) is 0 Å². The van der Waals surface area contributed by atoms with Crippen LogP contribution in [0.4, 0.5) is 5.69 Å². The maximum absolute atomic E-state index is 13.1. The monoisotopic (exact) mass is 574 g/mol. The number of hydrogen-bond acceptors (Lipinski definition) is 5. The number of anilines is 1. The van der Waals surface area contributed by atoms with Crippen molar-refractivity contribution < 1.29 is 17.9 Å². The van der Waals surface area contributed by atoms with Gasteiger partial charge in [0.05, 0.1) is 23.3 Å². The van der Waals surface area contributed by atoms with E-state index >= 15 is 0 Å². The van der Waals surface area contributed by atoms with Gasteiger partial charge in [0.1, 0.15) is 18.2 Å². The summed E-state index contributed by atoms with van der Waals surface area (Å²) in [6.07, 6.45) is 0. The summed E-state index contributed by atoms with van der Waals surface area (Å²) in [5.41, 5.74) is 7.36. The first-order valence-electron chi connectivity index (χ1n) is 12.5. The zero-order chi connectivity index (χ0) is 28.2. The standard InChI is InChI=1S/C30H27ClN4O4S/c1-20-8-13-25(14-9-20)35(40(37)38)33-30(36)23-12-15-28-29(17-23)34(21(2)32-28)18-24-11-10-22(16-27(24)31)19-39-26-6-4-3-5-7-26/h3-17,40H,18-19H2,1-2H3,(H,33,36). The summed E-state index contributed by atoms with van der Waals surface area (Å²) in [7, 11) is -3.11. The van der Waals surface area contributed by atoms with Crippen LogP contribution in [-0.2, 0) is 24.0 Å². The number of nitrogens with zero attached hydrogens (tertiary/aromatic N) is 3. The van der Waals surface area contributed by atoms with Crippen molar-refractivity contribution in [2.24, 2.45) is 0 Å². The lowest BCUT2D eigenvalue weighted by atomic mass is 10.1. The number of halogens is 1. The number of benzene rings is 4. The molecule has 5 rings (SSSR count). The Balaban J connectivity index is 1.36. The van der Waals surface area contributed by atoms with Gasteiger partial charge in [-0.3, -0.25) is 4.79 Å². The molecule has 0 aliphatic rings. The van der Waals surface area contributed by atoms with Crippen LogP contribution in [0.15, 0.2) is 91.0 Å². The van der Waals surface area contributed by atoms with Crippen LogP contribution in [0.25, 0.3) is 11.0 Å². The van der Waals surface area contributed by atoms with Gasteiger partial charge in [-0.1, -0.05) is 59.6 Å². The van der Waals surface area contributed by atoms with Crippen LogP contribution >= 0.6 is 11.6 Å². The van der Waals surface area contributed by atoms with Gasteiger partial charge in [0.25, 0.3) is 5.91 Å². The van der Waals surface area contributed by atoms with Gasteiger partial charge in [0.2, 0.25) is 10.9 Å². The largest absolute Gasteiger partial charge is 0.489 e. The second-order valence-electron chi connectivity index (χ2n) is 9.30. The molecule has 0 atom stereocenters. The molecule has 0 spiro atoms. The molecule has 0 fully saturated rings. The van der Waals surface area contributed by atoms with Crippen molar-refractivity contribution in [1.82, 2.24) is 15.0 Å². The van der Waals surface area contributed by atoms with Gasteiger partial charge in [0.15, 0.2) is 0 Å². The van der Waals surface area contributed by atoms with Crippen molar-refractivity contribution in [3.63, 3.8) is 0 Å². The number of fused-ring (bicyclic) bond motifs is 1. The number of nitrogens with one attached hydrogen (secondary N) is 1. The fourth-order valence-corrected chi connectivity index (χ4v) is 5.05. The Hall–Kier alpha value is -4.34. The van der Waals surface area contributed by atoms with E-state index in [4.69, 9.17) is 16.3 Å². The molecule has 0 aliphatic heterocycles. The average Bonchev–Trinajstić information content (AvgIpc) is 3.26. The number of para-hydroxylation sites is 1. The number of rotatable bonds is 9. The van der Waals surface area contributed by atoms with Crippen LogP contribution in [0, 0.1) is 13.8 Å². The normalized spacial score (nSPS) is 11.1. The third-order valence-corrected chi connectivity index (χ3v) is 7.45. The molecule has 1 heterocycles. The zero-order valence-corrected chi connectivity index (χ0v) is 23.5. The Morgan fingerprint density at radius 2 is 1.73 bits per heavy atom. The van der Waals surface area contributed by atoms with Crippen molar-refractivity contribution >= 4 is 45.1 Å². The lowest BCUT2D eigenvalue weighted by molar-refractivity contribution is 0.0956. The maximum atomic E-state index is 13.1. The summed E-state index contributed by atoms with van der Waals surface area (Å²) in [4.78, 5) is 17.7. The smallest absolute Gasteiger partial charge is 0.270 e.